The molecule has 18 heavy (non-hydrogen) atoms. The number of hydrogen-bond donors (Lipinski definition) is 2. The Morgan fingerprint density at radius 3 is 1.06 bits per heavy atom. The second-order valence-electron chi connectivity index (χ2n) is 4.13. The second kappa shape index (κ2) is 3.66. The molecule has 0 saturated carbocycles. The van der Waals surface area contributed by atoms with Gasteiger partial charge in [0.25, 0.3) is 14.7 Å². The maximum Gasteiger partial charge on any atom is 0.260 e. The molecule has 1 heterocycles. The normalized spacial score (nSPS) is 29.4. The Hall–Kier alpha value is -1.18. The lowest BCUT2D eigenvalue weighted by Crippen LogP contribution is -2.43. The van der Waals surface area contributed by atoms with Crippen molar-refractivity contribution in [1.82, 2.24) is 0 Å². The van der Waals surface area contributed by atoms with Crippen LogP contribution in [0.5, 0.6) is 0 Å². The first-order valence-electron chi connectivity index (χ1n) is 5.31. The zero-order valence-corrected chi connectivity index (χ0v) is 11.0. The third-order valence-electron chi connectivity index (χ3n) is 3.07. The lowest BCUT2D eigenvalue weighted by Gasteiger charge is -2.27. The second-order valence-corrected chi connectivity index (χ2v) is 8.36. The Bertz CT molecular complexity index is 621. The summed E-state index contributed by atoms with van der Waals surface area (Å²) in [6.45, 7) is 0. The van der Waals surface area contributed by atoms with Gasteiger partial charge in [-0.15, -0.1) is 0 Å². The molecule has 0 radical (unpaired) electrons. The van der Waals surface area contributed by atoms with E-state index >= 15 is 0 Å². The van der Waals surface area contributed by atoms with Crippen LogP contribution in [-0.2, 0) is 9.13 Å². The van der Waals surface area contributed by atoms with Gasteiger partial charge in [0.05, 0.1) is 21.2 Å². The molecule has 0 amide bonds. The van der Waals surface area contributed by atoms with Crippen LogP contribution in [0, 0.1) is 0 Å². The van der Waals surface area contributed by atoms with E-state index in [2.05, 4.69) is 0 Å². The van der Waals surface area contributed by atoms with Gasteiger partial charge in [0.2, 0.25) is 0 Å². The number of rotatable bonds is 0. The summed E-state index contributed by atoms with van der Waals surface area (Å²) in [5, 5.41) is 0.258. The van der Waals surface area contributed by atoms with E-state index in [4.69, 9.17) is 0 Å². The highest BCUT2D eigenvalue weighted by Gasteiger charge is 2.44. The third-order valence-corrected chi connectivity index (χ3v) is 7.59. The summed E-state index contributed by atoms with van der Waals surface area (Å²) in [7, 11) is -7.56. The molecule has 92 valence electrons. The van der Waals surface area contributed by atoms with Gasteiger partial charge in [0, 0.05) is 0 Å². The molecule has 4 nitrogen and oxygen atoms in total. The van der Waals surface area contributed by atoms with E-state index in [0.717, 1.165) is 0 Å². The van der Waals surface area contributed by atoms with E-state index in [1.807, 2.05) is 0 Å². The van der Waals surface area contributed by atoms with Crippen LogP contribution < -0.4 is 21.2 Å². The Balaban J connectivity index is 2.49. The fourth-order valence-electron chi connectivity index (χ4n) is 2.21. The maximum absolute atomic E-state index is 12.5. The minimum atomic E-state index is -3.78. The van der Waals surface area contributed by atoms with Gasteiger partial charge in [0.15, 0.2) is 0 Å². The molecule has 2 aromatic rings. The molecule has 2 N–H and O–H groups in total. The summed E-state index contributed by atoms with van der Waals surface area (Å²) in [4.78, 5) is 20.5. The van der Waals surface area contributed by atoms with Crippen molar-refractivity contribution in [3.63, 3.8) is 0 Å². The Labute approximate surface area is 104 Å². The van der Waals surface area contributed by atoms with Gasteiger partial charge >= 0.3 is 0 Å². The molecule has 1 aliphatic heterocycles. The van der Waals surface area contributed by atoms with E-state index in [1.54, 1.807) is 24.3 Å². The monoisotopic (exact) mass is 280 g/mol. The fourth-order valence-corrected chi connectivity index (χ4v) is 7.05. The van der Waals surface area contributed by atoms with Gasteiger partial charge in [-0.25, -0.2) is 0 Å². The minimum Gasteiger partial charge on any atom is -0.338 e. The van der Waals surface area contributed by atoms with E-state index in [9.17, 15) is 18.9 Å². The van der Waals surface area contributed by atoms with Crippen molar-refractivity contribution in [2.45, 2.75) is 0 Å². The first-order chi connectivity index (χ1) is 8.45. The first kappa shape index (κ1) is 11.9. The van der Waals surface area contributed by atoms with E-state index < -0.39 is 14.7 Å². The highest BCUT2D eigenvalue weighted by molar-refractivity contribution is 7.84. The van der Waals surface area contributed by atoms with Gasteiger partial charge < -0.3 is 9.79 Å². The SMILES string of the molecule is O=P1(O)c2ccccc2P(=O)(O)c2ccccc21. The summed E-state index contributed by atoms with van der Waals surface area (Å²) < 4.78 is 25.0. The van der Waals surface area contributed by atoms with E-state index in [0.29, 0.717) is 0 Å². The molecule has 0 aliphatic carbocycles. The average Bonchev–Trinajstić information content (AvgIpc) is 2.37. The summed E-state index contributed by atoms with van der Waals surface area (Å²) in [5.74, 6) is 0. The molecule has 0 spiro atoms. The smallest absolute Gasteiger partial charge is 0.260 e. The van der Waals surface area contributed by atoms with Crippen LogP contribution in [0.3, 0.4) is 0 Å². The molecule has 6 heteroatoms. The highest BCUT2D eigenvalue weighted by Crippen LogP contribution is 2.50. The molecule has 0 aromatic heterocycles. The molecule has 0 atom stereocenters. The predicted molar refractivity (Wildman–Crippen MR) is 71.1 cm³/mol. The standard InChI is InChI=1S/C12H10O4P2/c13-17(14)9-5-1-2-6-10(9)18(15,16)12-8-4-3-7-11(12)17/h1-8H,(H,13,14)(H,15,16). The fraction of sp³-hybridized carbons (Fsp3) is 0. The lowest BCUT2D eigenvalue weighted by atomic mass is 10.3. The van der Waals surface area contributed by atoms with Crippen molar-refractivity contribution in [2.24, 2.45) is 0 Å². The number of hydrogen-bond acceptors (Lipinski definition) is 2. The van der Waals surface area contributed by atoms with E-state index in [-0.39, 0.29) is 21.2 Å². The summed E-state index contributed by atoms with van der Waals surface area (Å²) in [6, 6.07) is 12.1. The van der Waals surface area contributed by atoms with Crippen molar-refractivity contribution in [2.75, 3.05) is 0 Å². The first-order valence-corrected chi connectivity index (χ1v) is 8.63. The van der Waals surface area contributed by atoms with Crippen LogP contribution in [0.2, 0.25) is 0 Å². The van der Waals surface area contributed by atoms with Crippen LogP contribution in [-0.4, -0.2) is 9.79 Å². The van der Waals surface area contributed by atoms with Crippen molar-refractivity contribution < 1.29 is 18.9 Å². The van der Waals surface area contributed by atoms with Gasteiger partial charge in [-0.2, -0.15) is 0 Å². The summed E-state index contributed by atoms with van der Waals surface area (Å²) >= 11 is 0. The molecule has 1 aliphatic rings. The predicted octanol–water partition coefficient (Wildman–Crippen LogP) is 0.442. The quantitative estimate of drug-likeness (QED) is 0.687. The van der Waals surface area contributed by atoms with Crippen LogP contribution in [0.4, 0.5) is 0 Å². The number of benzene rings is 2. The maximum atomic E-state index is 12.5. The Kier molecular flexibility index (Phi) is 2.42. The molecule has 0 unspecified atom stereocenters. The van der Waals surface area contributed by atoms with Crippen molar-refractivity contribution >= 4 is 36.0 Å². The molecule has 0 bridgehead atoms. The lowest BCUT2D eigenvalue weighted by molar-refractivity contribution is 0.493. The van der Waals surface area contributed by atoms with Crippen molar-refractivity contribution in [3.05, 3.63) is 48.5 Å². The molecule has 2 aromatic carbocycles. The van der Waals surface area contributed by atoms with Crippen LogP contribution in [0.15, 0.2) is 48.5 Å². The molecule has 0 saturated heterocycles. The van der Waals surface area contributed by atoms with Crippen LogP contribution in [0.1, 0.15) is 0 Å². The van der Waals surface area contributed by atoms with Crippen molar-refractivity contribution in [3.8, 4) is 0 Å². The van der Waals surface area contributed by atoms with Gasteiger partial charge in [-0.3, -0.25) is 9.13 Å². The Morgan fingerprint density at radius 1 is 0.611 bits per heavy atom. The van der Waals surface area contributed by atoms with Gasteiger partial charge in [0.1, 0.15) is 0 Å². The van der Waals surface area contributed by atoms with Crippen LogP contribution in [0.25, 0.3) is 0 Å². The van der Waals surface area contributed by atoms with Crippen molar-refractivity contribution in [1.29, 1.82) is 0 Å². The minimum absolute atomic E-state index is 0.0644. The molecular formula is C12H10O4P2. The summed E-state index contributed by atoms with van der Waals surface area (Å²) in [5.41, 5.74) is 0. The highest BCUT2D eigenvalue weighted by atomic mass is 31.2. The number of fused-ring (bicyclic) bond motifs is 2. The zero-order valence-electron chi connectivity index (χ0n) is 9.22. The van der Waals surface area contributed by atoms with E-state index in [1.165, 1.54) is 24.3 Å². The summed E-state index contributed by atoms with van der Waals surface area (Å²) in [6.07, 6.45) is 0. The topological polar surface area (TPSA) is 74.6 Å². The Morgan fingerprint density at radius 2 is 0.833 bits per heavy atom. The van der Waals surface area contributed by atoms with Crippen LogP contribution >= 0.6 is 14.7 Å². The molecular weight excluding hydrogens is 270 g/mol. The zero-order chi connectivity index (χ0) is 13.0. The largest absolute Gasteiger partial charge is 0.338 e. The third kappa shape index (κ3) is 1.41. The van der Waals surface area contributed by atoms with Gasteiger partial charge in [-0.05, 0) is 24.3 Å². The average molecular weight is 280 g/mol. The van der Waals surface area contributed by atoms with Gasteiger partial charge in [-0.1, -0.05) is 24.3 Å². The molecule has 3 rings (SSSR count). The molecule has 0 fully saturated rings.